The van der Waals surface area contributed by atoms with Crippen molar-refractivity contribution in [2.75, 3.05) is 7.11 Å². The van der Waals surface area contributed by atoms with E-state index in [4.69, 9.17) is 0 Å². The number of carbonyl (C=O) groups is 1. The Kier molecular flexibility index (Phi) is 2.83. The Hall–Kier alpha value is -1.12. The third kappa shape index (κ3) is 2.53. The van der Waals surface area contributed by atoms with Crippen LogP contribution in [-0.4, -0.2) is 19.3 Å². The number of esters is 1. The van der Waals surface area contributed by atoms with Gasteiger partial charge in [0, 0.05) is 18.3 Å². The maximum atomic E-state index is 10.8. The number of nitrogens with zero attached hydrogens (tertiary/aromatic N) is 1. The lowest BCUT2D eigenvalue weighted by Crippen LogP contribution is -2.11. The van der Waals surface area contributed by atoms with Crippen LogP contribution in [0.5, 0.6) is 0 Å². The van der Waals surface area contributed by atoms with Gasteiger partial charge in [0.1, 0.15) is 0 Å². The van der Waals surface area contributed by atoms with Crippen molar-refractivity contribution in [3.05, 3.63) is 12.3 Å². The molecule has 60 valence electrons. The average molecular weight is 153 g/mol. The van der Waals surface area contributed by atoms with Crippen molar-refractivity contribution in [1.29, 1.82) is 0 Å². The summed E-state index contributed by atoms with van der Waals surface area (Å²) in [6.45, 7) is 0. The normalized spacial score (nSPS) is 21.7. The SMILES string of the molecule is COC(=O)CC1C=NC=CC1. The molecule has 0 aromatic heterocycles. The fourth-order valence-corrected chi connectivity index (χ4v) is 0.962. The van der Waals surface area contributed by atoms with Crippen LogP contribution in [0, 0.1) is 5.92 Å². The van der Waals surface area contributed by atoms with Crippen molar-refractivity contribution >= 4 is 12.2 Å². The van der Waals surface area contributed by atoms with E-state index in [0.717, 1.165) is 6.42 Å². The van der Waals surface area contributed by atoms with E-state index in [-0.39, 0.29) is 11.9 Å². The van der Waals surface area contributed by atoms with E-state index in [1.54, 1.807) is 12.4 Å². The van der Waals surface area contributed by atoms with Crippen LogP contribution in [0.4, 0.5) is 0 Å². The Morgan fingerprint density at radius 1 is 1.82 bits per heavy atom. The Morgan fingerprint density at radius 2 is 2.64 bits per heavy atom. The van der Waals surface area contributed by atoms with Crippen LogP contribution in [0.2, 0.25) is 0 Å². The molecule has 0 aromatic carbocycles. The molecule has 0 radical (unpaired) electrons. The van der Waals surface area contributed by atoms with Gasteiger partial charge < -0.3 is 4.74 Å². The van der Waals surface area contributed by atoms with E-state index in [0.29, 0.717) is 6.42 Å². The molecule has 0 aromatic rings. The van der Waals surface area contributed by atoms with Crippen molar-refractivity contribution in [3.8, 4) is 0 Å². The molecule has 0 N–H and O–H groups in total. The van der Waals surface area contributed by atoms with E-state index < -0.39 is 0 Å². The fourth-order valence-electron chi connectivity index (χ4n) is 0.962. The fraction of sp³-hybridized carbons (Fsp3) is 0.500. The highest BCUT2D eigenvalue weighted by Gasteiger charge is 2.11. The topological polar surface area (TPSA) is 38.7 Å². The van der Waals surface area contributed by atoms with E-state index in [2.05, 4.69) is 9.73 Å². The lowest BCUT2D eigenvalue weighted by Gasteiger charge is -2.09. The standard InChI is InChI=1S/C8H11NO2/c1-11-8(10)5-7-3-2-4-9-6-7/h2,4,6-7H,3,5H2,1H3. The van der Waals surface area contributed by atoms with Gasteiger partial charge in [0.15, 0.2) is 0 Å². The van der Waals surface area contributed by atoms with E-state index in [9.17, 15) is 4.79 Å². The Balaban J connectivity index is 2.33. The predicted molar refractivity (Wildman–Crippen MR) is 42.4 cm³/mol. The number of rotatable bonds is 2. The summed E-state index contributed by atoms with van der Waals surface area (Å²) in [4.78, 5) is 14.7. The molecule has 0 saturated carbocycles. The molecular weight excluding hydrogens is 142 g/mol. The molecule has 3 heteroatoms. The van der Waals surface area contributed by atoms with E-state index >= 15 is 0 Å². The molecule has 0 aliphatic carbocycles. The van der Waals surface area contributed by atoms with Crippen molar-refractivity contribution in [2.45, 2.75) is 12.8 Å². The smallest absolute Gasteiger partial charge is 0.306 e. The molecule has 1 heterocycles. The number of aliphatic imine (C=N–C) groups is 1. The molecule has 0 fully saturated rings. The molecule has 11 heavy (non-hydrogen) atoms. The van der Waals surface area contributed by atoms with Crippen molar-refractivity contribution in [2.24, 2.45) is 10.9 Å². The minimum atomic E-state index is -0.170. The summed E-state index contributed by atoms with van der Waals surface area (Å²) in [7, 11) is 1.40. The first-order valence-corrected chi connectivity index (χ1v) is 3.58. The Labute approximate surface area is 65.8 Å². The lowest BCUT2D eigenvalue weighted by atomic mass is 10.0. The van der Waals surface area contributed by atoms with Crippen LogP contribution in [0.1, 0.15) is 12.8 Å². The van der Waals surface area contributed by atoms with Crippen LogP contribution in [0.3, 0.4) is 0 Å². The second-order valence-corrected chi connectivity index (χ2v) is 2.46. The van der Waals surface area contributed by atoms with Crippen LogP contribution in [-0.2, 0) is 9.53 Å². The second-order valence-electron chi connectivity index (χ2n) is 2.46. The zero-order chi connectivity index (χ0) is 8.10. The van der Waals surface area contributed by atoms with Crippen molar-refractivity contribution < 1.29 is 9.53 Å². The highest BCUT2D eigenvalue weighted by Crippen LogP contribution is 2.11. The van der Waals surface area contributed by atoms with Gasteiger partial charge in [0.2, 0.25) is 0 Å². The maximum Gasteiger partial charge on any atom is 0.306 e. The summed E-state index contributed by atoms with van der Waals surface area (Å²) >= 11 is 0. The van der Waals surface area contributed by atoms with Gasteiger partial charge in [0.25, 0.3) is 0 Å². The Bertz CT molecular complexity index is 196. The average Bonchev–Trinajstić information content (AvgIpc) is 2.06. The number of hydrogen-bond acceptors (Lipinski definition) is 3. The number of hydrogen-bond donors (Lipinski definition) is 0. The summed E-state index contributed by atoms with van der Waals surface area (Å²) in [5.41, 5.74) is 0. The summed E-state index contributed by atoms with van der Waals surface area (Å²) in [5.74, 6) is 0.0594. The first-order valence-electron chi connectivity index (χ1n) is 3.58. The third-order valence-electron chi connectivity index (χ3n) is 1.58. The lowest BCUT2D eigenvalue weighted by molar-refractivity contribution is -0.141. The summed E-state index contributed by atoms with van der Waals surface area (Å²) in [6.07, 6.45) is 6.81. The molecule has 1 unspecified atom stereocenters. The third-order valence-corrected chi connectivity index (χ3v) is 1.58. The number of carbonyl (C=O) groups excluding carboxylic acids is 1. The molecule has 1 atom stereocenters. The monoisotopic (exact) mass is 153 g/mol. The molecule has 0 saturated heterocycles. The summed E-state index contributed by atoms with van der Waals surface area (Å²) in [5, 5.41) is 0. The summed E-state index contributed by atoms with van der Waals surface area (Å²) in [6, 6.07) is 0. The quantitative estimate of drug-likeness (QED) is 0.558. The van der Waals surface area contributed by atoms with Gasteiger partial charge in [-0.1, -0.05) is 6.08 Å². The van der Waals surface area contributed by atoms with Crippen LogP contribution in [0.15, 0.2) is 17.3 Å². The van der Waals surface area contributed by atoms with Crippen LogP contribution >= 0.6 is 0 Å². The molecule has 0 spiro atoms. The van der Waals surface area contributed by atoms with Crippen LogP contribution in [0.25, 0.3) is 0 Å². The zero-order valence-corrected chi connectivity index (χ0v) is 6.49. The highest BCUT2D eigenvalue weighted by atomic mass is 16.5. The first-order chi connectivity index (χ1) is 5.33. The van der Waals surface area contributed by atoms with Gasteiger partial charge in [-0.3, -0.25) is 9.79 Å². The largest absolute Gasteiger partial charge is 0.469 e. The Morgan fingerprint density at radius 3 is 3.18 bits per heavy atom. The molecule has 1 aliphatic rings. The van der Waals surface area contributed by atoms with Crippen LogP contribution < -0.4 is 0 Å². The van der Waals surface area contributed by atoms with Gasteiger partial charge in [-0.05, 0) is 6.42 Å². The van der Waals surface area contributed by atoms with Crippen molar-refractivity contribution in [3.63, 3.8) is 0 Å². The van der Waals surface area contributed by atoms with Gasteiger partial charge in [-0.2, -0.15) is 0 Å². The molecule has 0 bridgehead atoms. The second kappa shape index (κ2) is 3.91. The molecular formula is C8H11NO2. The van der Waals surface area contributed by atoms with Gasteiger partial charge in [-0.25, -0.2) is 0 Å². The minimum Gasteiger partial charge on any atom is -0.469 e. The number of methoxy groups -OCH3 is 1. The van der Waals surface area contributed by atoms with Gasteiger partial charge >= 0.3 is 5.97 Å². The minimum absolute atomic E-state index is 0.170. The molecule has 0 amide bonds. The molecule has 1 aliphatic heterocycles. The zero-order valence-electron chi connectivity index (χ0n) is 6.49. The molecule has 1 rings (SSSR count). The van der Waals surface area contributed by atoms with Gasteiger partial charge in [-0.15, -0.1) is 0 Å². The van der Waals surface area contributed by atoms with E-state index in [1.807, 2.05) is 6.08 Å². The van der Waals surface area contributed by atoms with Gasteiger partial charge in [0.05, 0.1) is 13.5 Å². The van der Waals surface area contributed by atoms with Crippen molar-refractivity contribution in [1.82, 2.24) is 0 Å². The first kappa shape index (κ1) is 7.98. The highest BCUT2D eigenvalue weighted by molar-refractivity contribution is 5.75. The van der Waals surface area contributed by atoms with E-state index in [1.165, 1.54) is 7.11 Å². The number of allylic oxidation sites excluding steroid dienone is 1. The maximum absolute atomic E-state index is 10.8. The molecule has 3 nitrogen and oxygen atoms in total. The number of ether oxygens (including phenoxy) is 1. The predicted octanol–water partition coefficient (Wildman–Crippen LogP) is 1.15. The summed E-state index contributed by atoms with van der Waals surface area (Å²) < 4.78 is 4.53.